The number of carbonyl (C=O) groups is 1. The Balaban J connectivity index is 2.12. The van der Waals surface area contributed by atoms with Crippen LogP contribution in [0.5, 0.6) is 5.75 Å². The fraction of sp³-hybridized carbons (Fsp3) is 0.429. The number of hydrogen-bond acceptors (Lipinski definition) is 5. The molecule has 2 rings (SSSR count). The molecule has 5 nitrogen and oxygen atoms in total. The number of fused-ring (bicyclic) bond motifs is 1. The first kappa shape index (κ1) is 14.7. The van der Waals surface area contributed by atoms with E-state index in [4.69, 9.17) is 21.1 Å². The van der Waals surface area contributed by atoms with Crippen LogP contribution in [0, 0.1) is 0 Å². The van der Waals surface area contributed by atoms with E-state index >= 15 is 0 Å². The van der Waals surface area contributed by atoms with Crippen LogP contribution in [-0.2, 0) is 14.9 Å². The lowest BCUT2D eigenvalue weighted by Gasteiger charge is -2.15. The Labute approximate surface area is 122 Å². The summed E-state index contributed by atoms with van der Waals surface area (Å²) in [5.74, 6) is 0.229. The van der Waals surface area contributed by atoms with Gasteiger partial charge in [-0.1, -0.05) is 25.4 Å². The summed E-state index contributed by atoms with van der Waals surface area (Å²) in [5.41, 5.74) is 4.55. The van der Waals surface area contributed by atoms with E-state index < -0.39 is 5.97 Å². The molecule has 1 aliphatic heterocycles. The van der Waals surface area contributed by atoms with E-state index in [2.05, 4.69) is 24.4 Å². The summed E-state index contributed by atoms with van der Waals surface area (Å²) in [6, 6.07) is 5.64. The van der Waals surface area contributed by atoms with Crippen molar-refractivity contribution in [1.29, 1.82) is 0 Å². The average Bonchev–Trinajstić information content (AvgIpc) is 2.72. The van der Waals surface area contributed by atoms with E-state index in [0.717, 1.165) is 17.0 Å². The minimum atomic E-state index is -0.647. The van der Waals surface area contributed by atoms with Gasteiger partial charge >= 0.3 is 5.97 Å². The van der Waals surface area contributed by atoms with Crippen molar-refractivity contribution in [3.8, 4) is 5.75 Å². The van der Waals surface area contributed by atoms with Crippen molar-refractivity contribution in [2.75, 3.05) is 18.6 Å². The Kier molecular flexibility index (Phi) is 4.18. The van der Waals surface area contributed by atoms with Crippen LogP contribution in [0.1, 0.15) is 26.3 Å². The molecule has 0 aromatic heterocycles. The number of esters is 1. The zero-order chi connectivity index (χ0) is 14.8. The molecule has 0 amide bonds. The van der Waals surface area contributed by atoms with E-state index in [1.54, 1.807) is 6.92 Å². The number of hydrazone groups is 1. The van der Waals surface area contributed by atoms with Gasteiger partial charge in [0, 0.05) is 11.0 Å². The number of carbonyl (C=O) groups excluding carboxylic acids is 1. The number of ether oxygens (including phenoxy) is 2. The quantitative estimate of drug-likeness (QED) is 0.527. The number of anilines is 1. The SMILES string of the molecule is CCOC(=O)/C(Cl)=N/Nc1ccc2c(c1)C(C)(C)CO2. The predicted octanol–water partition coefficient (Wildman–Crippen LogP) is 2.88. The zero-order valence-electron chi connectivity index (χ0n) is 11.7. The highest BCUT2D eigenvalue weighted by atomic mass is 35.5. The molecule has 108 valence electrons. The van der Waals surface area contributed by atoms with Gasteiger partial charge in [-0.3, -0.25) is 5.43 Å². The molecular weight excluding hydrogens is 280 g/mol. The molecular formula is C14H17ClN2O3. The summed E-state index contributed by atoms with van der Waals surface area (Å²) < 4.78 is 10.3. The Morgan fingerprint density at radius 2 is 2.30 bits per heavy atom. The van der Waals surface area contributed by atoms with Gasteiger partial charge in [-0.05, 0) is 25.1 Å². The van der Waals surface area contributed by atoms with E-state index in [1.807, 2.05) is 18.2 Å². The van der Waals surface area contributed by atoms with Gasteiger partial charge in [0.1, 0.15) is 5.75 Å². The molecule has 6 heteroatoms. The van der Waals surface area contributed by atoms with Crippen molar-refractivity contribution in [2.24, 2.45) is 5.10 Å². The minimum absolute atomic E-state index is 0.0400. The zero-order valence-corrected chi connectivity index (χ0v) is 12.5. The molecule has 1 N–H and O–H groups in total. The maximum absolute atomic E-state index is 11.3. The van der Waals surface area contributed by atoms with Crippen LogP contribution in [0.4, 0.5) is 5.69 Å². The predicted molar refractivity (Wildman–Crippen MR) is 78.5 cm³/mol. The second kappa shape index (κ2) is 5.71. The number of benzene rings is 1. The van der Waals surface area contributed by atoms with E-state index in [9.17, 15) is 4.79 Å². The van der Waals surface area contributed by atoms with Gasteiger partial charge in [0.15, 0.2) is 0 Å². The van der Waals surface area contributed by atoms with Crippen molar-refractivity contribution in [3.05, 3.63) is 23.8 Å². The van der Waals surface area contributed by atoms with Crippen LogP contribution < -0.4 is 10.2 Å². The van der Waals surface area contributed by atoms with Crippen molar-refractivity contribution in [2.45, 2.75) is 26.2 Å². The topological polar surface area (TPSA) is 59.9 Å². The van der Waals surface area contributed by atoms with Gasteiger partial charge in [0.05, 0.1) is 18.9 Å². The van der Waals surface area contributed by atoms with Crippen LogP contribution >= 0.6 is 11.6 Å². The number of rotatable bonds is 4. The van der Waals surface area contributed by atoms with Crippen LogP contribution in [0.3, 0.4) is 0 Å². The number of hydrogen-bond donors (Lipinski definition) is 1. The number of nitrogens with zero attached hydrogens (tertiary/aromatic N) is 1. The highest BCUT2D eigenvalue weighted by Gasteiger charge is 2.31. The van der Waals surface area contributed by atoms with Crippen LogP contribution in [-0.4, -0.2) is 24.4 Å². The van der Waals surface area contributed by atoms with Gasteiger partial charge in [-0.15, -0.1) is 0 Å². The third-order valence-electron chi connectivity index (χ3n) is 3.02. The van der Waals surface area contributed by atoms with Gasteiger partial charge < -0.3 is 9.47 Å². The fourth-order valence-electron chi connectivity index (χ4n) is 1.94. The molecule has 0 spiro atoms. The maximum Gasteiger partial charge on any atom is 0.370 e. The lowest BCUT2D eigenvalue weighted by Crippen LogP contribution is -2.18. The Morgan fingerprint density at radius 1 is 1.55 bits per heavy atom. The number of halogens is 1. The summed E-state index contributed by atoms with van der Waals surface area (Å²) in [7, 11) is 0. The van der Waals surface area contributed by atoms with Crippen LogP contribution in [0.15, 0.2) is 23.3 Å². The highest BCUT2D eigenvalue weighted by Crippen LogP contribution is 2.39. The molecule has 0 fully saturated rings. The molecule has 1 aromatic carbocycles. The number of nitrogens with one attached hydrogen (secondary N) is 1. The summed E-state index contributed by atoms with van der Waals surface area (Å²) in [6.45, 7) is 6.83. The first-order valence-corrected chi connectivity index (χ1v) is 6.75. The Hall–Kier alpha value is -1.75. The van der Waals surface area contributed by atoms with Crippen molar-refractivity contribution in [1.82, 2.24) is 0 Å². The second-order valence-corrected chi connectivity index (χ2v) is 5.48. The molecule has 0 saturated heterocycles. The highest BCUT2D eigenvalue weighted by molar-refractivity contribution is 6.82. The summed E-state index contributed by atoms with van der Waals surface area (Å²) in [4.78, 5) is 11.3. The third-order valence-corrected chi connectivity index (χ3v) is 3.26. The summed E-state index contributed by atoms with van der Waals surface area (Å²) in [6.07, 6.45) is 0. The molecule has 20 heavy (non-hydrogen) atoms. The van der Waals surface area contributed by atoms with E-state index in [0.29, 0.717) is 6.61 Å². The lowest BCUT2D eigenvalue weighted by molar-refractivity contribution is -0.134. The van der Waals surface area contributed by atoms with Crippen molar-refractivity contribution in [3.63, 3.8) is 0 Å². The minimum Gasteiger partial charge on any atom is -0.492 e. The molecule has 1 heterocycles. The van der Waals surface area contributed by atoms with E-state index in [1.165, 1.54) is 0 Å². The lowest BCUT2D eigenvalue weighted by atomic mass is 9.87. The Morgan fingerprint density at radius 3 is 3.00 bits per heavy atom. The molecule has 0 bridgehead atoms. The first-order chi connectivity index (χ1) is 9.44. The summed E-state index contributed by atoms with van der Waals surface area (Å²) >= 11 is 5.72. The van der Waals surface area contributed by atoms with Crippen LogP contribution in [0.2, 0.25) is 0 Å². The monoisotopic (exact) mass is 296 g/mol. The van der Waals surface area contributed by atoms with Gasteiger partial charge in [-0.2, -0.15) is 5.10 Å². The largest absolute Gasteiger partial charge is 0.492 e. The smallest absolute Gasteiger partial charge is 0.370 e. The van der Waals surface area contributed by atoms with Crippen LogP contribution in [0.25, 0.3) is 0 Å². The van der Waals surface area contributed by atoms with Gasteiger partial charge in [0.2, 0.25) is 5.17 Å². The molecule has 0 radical (unpaired) electrons. The second-order valence-electron chi connectivity index (χ2n) is 5.12. The molecule has 0 aliphatic carbocycles. The Bertz CT molecular complexity index is 555. The first-order valence-electron chi connectivity index (χ1n) is 6.37. The van der Waals surface area contributed by atoms with Gasteiger partial charge in [-0.25, -0.2) is 4.79 Å². The molecule has 0 atom stereocenters. The third kappa shape index (κ3) is 3.04. The molecule has 1 aliphatic rings. The normalized spacial score (nSPS) is 16.3. The summed E-state index contributed by atoms with van der Waals surface area (Å²) in [5, 5.41) is 3.57. The van der Waals surface area contributed by atoms with Crippen molar-refractivity contribution >= 4 is 28.4 Å². The average molecular weight is 297 g/mol. The standard InChI is InChI=1S/C14H17ClN2O3/c1-4-19-13(18)12(15)17-16-9-5-6-11-10(7-9)14(2,3)8-20-11/h5-7,16H,4,8H2,1-3H3/b17-12-. The molecule has 0 saturated carbocycles. The molecule has 0 unspecified atom stereocenters. The van der Waals surface area contributed by atoms with Crippen molar-refractivity contribution < 1.29 is 14.3 Å². The van der Waals surface area contributed by atoms with E-state index in [-0.39, 0.29) is 17.2 Å². The molecule has 1 aromatic rings. The maximum atomic E-state index is 11.3. The fourth-order valence-corrected chi connectivity index (χ4v) is 2.04. The van der Waals surface area contributed by atoms with Gasteiger partial charge in [0.25, 0.3) is 0 Å².